The molecule has 7 aromatic rings. The van der Waals surface area contributed by atoms with Gasteiger partial charge in [-0.1, -0.05) is 122 Å². The number of benzene rings is 6. The van der Waals surface area contributed by atoms with Crippen LogP contribution in [0.1, 0.15) is 43.7 Å². The van der Waals surface area contributed by atoms with Crippen molar-refractivity contribution in [3.05, 3.63) is 139 Å². The Bertz CT molecular complexity index is 2410. The van der Waals surface area contributed by atoms with E-state index in [-0.39, 0.29) is 5.41 Å². The van der Waals surface area contributed by atoms with Crippen molar-refractivity contribution in [2.24, 2.45) is 23.7 Å². The zero-order valence-corrected chi connectivity index (χ0v) is 28.1. The summed E-state index contributed by atoms with van der Waals surface area (Å²) in [6, 6.07) is 46.6. The largest absolute Gasteiger partial charge is 0.208 e. The van der Waals surface area contributed by atoms with E-state index in [0.717, 1.165) is 73.0 Å². The molecule has 4 heteroatoms. The van der Waals surface area contributed by atoms with Gasteiger partial charge < -0.3 is 0 Å². The third-order valence-corrected chi connectivity index (χ3v) is 12.2. The fourth-order valence-electron chi connectivity index (χ4n) is 9.94. The molecule has 0 aliphatic heterocycles. The highest BCUT2D eigenvalue weighted by molar-refractivity contribution is 6.21. The van der Waals surface area contributed by atoms with Crippen molar-refractivity contribution in [1.29, 1.82) is 5.26 Å². The number of rotatable bonds is 5. The first-order valence-electron chi connectivity index (χ1n) is 17.9. The minimum absolute atomic E-state index is 0.239. The van der Waals surface area contributed by atoms with E-state index < -0.39 is 0 Å². The van der Waals surface area contributed by atoms with Crippen molar-refractivity contribution in [2.75, 3.05) is 0 Å². The van der Waals surface area contributed by atoms with Crippen molar-refractivity contribution in [1.82, 2.24) is 15.0 Å². The molecule has 10 rings (SSSR count). The average Bonchev–Trinajstić information content (AvgIpc) is 3.15. The standard InChI is InChI=1S/C46H36N4/c1-46(25-33-23-32-24-34(26-46)40(32)33)35-19-17-29(18-20-35)41-36-14-8-9-15-37(36)42(38-21-16-28(27-47)22-39(38)41)45-49-43(30-10-4-2-5-11-30)48-44(50-45)31-12-6-3-7-13-31/h2-22,32-34,40H,23-26H2,1H3/t32?,33-,34+,40?,46?. The summed E-state index contributed by atoms with van der Waals surface area (Å²) in [5.74, 6) is 5.76. The predicted octanol–water partition coefficient (Wildman–Crippen LogP) is 11.0. The first-order valence-corrected chi connectivity index (χ1v) is 17.9. The van der Waals surface area contributed by atoms with Gasteiger partial charge in [0.1, 0.15) is 0 Å². The van der Waals surface area contributed by atoms with Crippen LogP contribution in [0.25, 0.3) is 66.8 Å². The molecular formula is C46H36N4. The molecule has 240 valence electrons. The molecule has 0 bridgehead atoms. The molecule has 3 aliphatic carbocycles. The number of fused-ring (bicyclic) bond motifs is 2. The van der Waals surface area contributed by atoms with Gasteiger partial charge in [0.2, 0.25) is 0 Å². The fraction of sp³-hybridized carbons (Fsp3) is 0.217. The summed E-state index contributed by atoms with van der Waals surface area (Å²) < 4.78 is 0. The van der Waals surface area contributed by atoms with Gasteiger partial charge in [-0.3, -0.25) is 0 Å². The second kappa shape index (κ2) is 11.2. The average molecular weight is 645 g/mol. The molecule has 6 aromatic carbocycles. The summed E-state index contributed by atoms with van der Waals surface area (Å²) in [6.07, 6.45) is 5.53. The highest BCUT2D eigenvalue weighted by atomic mass is 15.0. The van der Waals surface area contributed by atoms with Crippen molar-refractivity contribution < 1.29 is 0 Å². The minimum Gasteiger partial charge on any atom is -0.208 e. The second-order valence-electron chi connectivity index (χ2n) is 15.1. The van der Waals surface area contributed by atoms with Gasteiger partial charge in [0.25, 0.3) is 0 Å². The summed E-state index contributed by atoms with van der Waals surface area (Å²) in [7, 11) is 0. The quantitative estimate of drug-likeness (QED) is 0.175. The van der Waals surface area contributed by atoms with Crippen molar-refractivity contribution in [3.63, 3.8) is 0 Å². The van der Waals surface area contributed by atoms with Gasteiger partial charge >= 0.3 is 0 Å². The summed E-state index contributed by atoms with van der Waals surface area (Å²) in [5.41, 5.74) is 7.44. The van der Waals surface area contributed by atoms with Crippen LogP contribution < -0.4 is 0 Å². The van der Waals surface area contributed by atoms with E-state index in [9.17, 15) is 5.26 Å². The van der Waals surface area contributed by atoms with Crippen LogP contribution in [-0.4, -0.2) is 15.0 Å². The summed E-state index contributed by atoms with van der Waals surface area (Å²) in [4.78, 5) is 15.3. The van der Waals surface area contributed by atoms with Crippen LogP contribution in [0.2, 0.25) is 0 Å². The minimum atomic E-state index is 0.239. The van der Waals surface area contributed by atoms with E-state index in [0.29, 0.717) is 23.0 Å². The van der Waals surface area contributed by atoms with Crippen molar-refractivity contribution >= 4 is 21.5 Å². The van der Waals surface area contributed by atoms with Gasteiger partial charge in [0, 0.05) is 16.7 Å². The first kappa shape index (κ1) is 29.3. The number of nitrogens with zero attached hydrogens (tertiary/aromatic N) is 4. The molecular weight excluding hydrogens is 609 g/mol. The Labute approximate surface area is 292 Å². The molecule has 50 heavy (non-hydrogen) atoms. The van der Waals surface area contributed by atoms with E-state index >= 15 is 0 Å². The highest BCUT2D eigenvalue weighted by Crippen LogP contribution is 2.67. The zero-order valence-electron chi connectivity index (χ0n) is 28.1. The predicted molar refractivity (Wildman–Crippen MR) is 201 cm³/mol. The maximum atomic E-state index is 10.1. The smallest absolute Gasteiger partial charge is 0.165 e. The van der Waals surface area contributed by atoms with E-state index in [1.807, 2.05) is 72.8 Å². The lowest BCUT2D eigenvalue weighted by molar-refractivity contribution is -0.141. The maximum Gasteiger partial charge on any atom is 0.165 e. The Morgan fingerprint density at radius 2 is 1.08 bits per heavy atom. The lowest BCUT2D eigenvalue weighted by Gasteiger charge is -2.65. The SMILES string of the molecule is CC1(c2ccc(-c3c4ccccc4c(-c4nc(-c5ccccc5)nc(-c5ccccc5)n4)c4ccc(C#N)cc34)cc2)C[C@H]2CC3C[C@@H](C1)C32. The Kier molecular flexibility index (Phi) is 6.55. The van der Waals surface area contributed by atoms with Crippen LogP contribution in [0.3, 0.4) is 0 Å². The van der Waals surface area contributed by atoms with E-state index in [1.54, 1.807) is 0 Å². The van der Waals surface area contributed by atoms with Crippen LogP contribution in [0.5, 0.6) is 0 Å². The Morgan fingerprint density at radius 3 is 1.66 bits per heavy atom. The summed E-state index contributed by atoms with van der Waals surface area (Å²) in [6.45, 7) is 2.50. The van der Waals surface area contributed by atoms with Gasteiger partial charge in [0.15, 0.2) is 17.5 Å². The first-order chi connectivity index (χ1) is 24.6. The fourth-order valence-corrected chi connectivity index (χ4v) is 9.94. The van der Waals surface area contributed by atoms with Crippen LogP contribution in [0, 0.1) is 35.0 Å². The molecule has 1 heterocycles. The molecule has 3 aliphatic rings. The third kappa shape index (κ3) is 4.53. The summed E-state index contributed by atoms with van der Waals surface area (Å²) >= 11 is 0. The third-order valence-electron chi connectivity index (χ3n) is 12.2. The number of hydrogen-bond acceptors (Lipinski definition) is 4. The number of aromatic nitrogens is 3. The highest BCUT2D eigenvalue weighted by Gasteiger charge is 2.59. The lowest BCUT2D eigenvalue weighted by atomic mass is 9.39. The molecule has 0 radical (unpaired) electrons. The molecule has 0 amide bonds. The molecule has 0 N–H and O–H groups in total. The van der Waals surface area contributed by atoms with E-state index in [2.05, 4.69) is 67.6 Å². The van der Waals surface area contributed by atoms with Crippen molar-refractivity contribution in [3.8, 4) is 51.4 Å². The summed E-state index contributed by atoms with van der Waals surface area (Å²) in [5, 5.41) is 14.3. The maximum absolute atomic E-state index is 10.1. The molecule has 3 fully saturated rings. The Morgan fingerprint density at radius 1 is 0.540 bits per heavy atom. The van der Waals surface area contributed by atoms with E-state index in [4.69, 9.17) is 15.0 Å². The van der Waals surface area contributed by atoms with E-state index in [1.165, 1.54) is 31.2 Å². The molecule has 3 saturated carbocycles. The molecule has 1 aromatic heterocycles. The van der Waals surface area contributed by atoms with Gasteiger partial charge in [-0.2, -0.15) is 5.26 Å². The van der Waals surface area contributed by atoms with Gasteiger partial charge in [-0.05, 0) is 105 Å². The Balaban J connectivity index is 1.18. The molecule has 3 unspecified atom stereocenters. The topological polar surface area (TPSA) is 62.5 Å². The normalized spacial score (nSPS) is 23.4. The molecule has 5 atom stereocenters. The van der Waals surface area contributed by atoms with Gasteiger partial charge in [-0.25, -0.2) is 15.0 Å². The monoisotopic (exact) mass is 644 g/mol. The zero-order chi connectivity index (χ0) is 33.4. The number of hydrogen-bond donors (Lipinski definition) is 0. The van der Waals surface area contributed by atoms with Crippen molar-refractivity contribution in [2.45, 2.75) is 38.0 Å². The lowest BCUT2D eigenvalue weighted by Crippen LogP contribution is -2.58. The van der Waals surface area contributed by atoms with Gasteiger partial charge in [-0.15, -0.1) is 0 Å². The number of nitriles is 1. The molecule has 0 spiro atoms. The van der Waals surface area contributed by atoms with Crippen LogP contribution in [0.4, 0.5) is 0 Å². The molecule has 0 saturated heterocycles. The van der Waals surface area contributed by atoms with Crippen LogP contribution >= 0.6 is 0 Å². The van der Waals surface area contributed by atoms with Crippen LogP contribution in [0.15, 0.2) is 127 Å². The second-order valence-corrected chi connectivity index (χ2v) is 15.1. The molecule has 4 nitrogen and oxygen atoms in total. The van der Waals surface area contributed by atoms with Crippen LogP contribution in [-0.2, 0) is 5.41 Å². The Hall–Kier alpha value is -5.66. The van der Waals surface area contributed by atoms with Gasteiger partial charge in [0.05, 0.1) is 11.6 Å².